The van der Waals surface area contributed by atoms with E-state index in [0.29, 0.717) is 41.7 Å². The lowest BCUT2D eigenvalue weighted by Gasteiger charge is -2.38. The fourth-order valence-corrected chi connectivity index (χ4v) is 6.02. The van der Waals surface area contributed by atoms with Gasteiger partial charge in [0.2, 0.25) is 0 Å². The Morgan fingerprint density at radius 3 is 2.62 bits per heavy atom. The molecule has 2 saturated heterocycles. The highest BCUT2D eigenvalue weighted by Gasteiger charge is 2.42. The van der Waals surface area contributed by atoms with E-state index in [1.807, 2.05) is 18.2 Å². The molecule has 2 aromatic carbocycles. The van der Waals surface area contributed by atoms with Gasteiger partial charge in [-0.2, -0.15) is 0 Å². The highest BCUT2D eigenvalue weighted by molar-refractivity contribution is 6.23. The van der Waals surface area contributed by atoms with E-state index >= 15 is 0 Å². The Labute approximate surface area is 224 Å². The number of esters is 3. The Morgan fingerprint density at radius 2 is 1.82 bits per heavy atom. The number of nitrogens with zero attached hydrogens (tertiary/aromatic N) is 2. The lowest BCUT2D eigenvalue weighted by atomic mass is 9.87. The molecule has 2 unspecified atom stereocenters. The Morgan fingerprint density at radius 1 is 1.03 bits per heavy atom. The summed E-state index contributed by atoms with van der Waals surface area (Å²) in [7, 11) is 1.49. The molecule has 0 saturated carbocycles. The normalized spacial score (nSPS) is 24.9. The van der Waals surface area contributed by atoms with Crippen LogP contribution in [0.1, 0.15) is 42.9 Å². The lowest BCUT2D eigenvalue weighted by molar-refractivity contribution is -0.163. The van der Waals surface area contributed by atoms with Crippen LogP contribution in [0.25, 0.3) is 16.5 Å². The molecule has 1 aromatic heterocycles. The molecule has 0 radical (unpaired) electrons. The molecule has 0 aliphatic carbocycles. The number of rotatable bonds is 7. The van der Waals surface area contributed by atoms with Crippen LogP contribution in [0.4, 0.5) is 0 Å². The molecule has 10 nitrogen and oxygen atoms in total. The third-order valence-corrected chi connectivity index (χ3v) is 7.78. The van der Waals surface area contributed by atoms with Crippen molar-refractivity contribution >= 4 is 34.5 Å². The first-order chi connectivity index (χ1) is 19.0. The fraction of sp³-hybridized carbons (Fsp3) is 0.379. The maximum Gasteiger partial charge on any atom is 0.352 e. The van der Waals surface area contributed by atoms with Crippen LogP contribution in [0.3, 0.4) is 0 Å². The minimum Gasteiger partial charge on any atom is -0.493 e. The van der Waals surface area contributed by atoms with Crippen LogP contribution in [0.15, 0.2) is 53.1 Å². The lowest BCUT2D eigenvalue weighted by Crippen LogP contribution is -2.44. The van der Waals surface area contributed by atoms with E-state index in [-0.39, 0.29) is 5.57 Å². The third-order valence-electron chi connectivity index (χ3n) is 7.78. The van der Waals surface area contributed by atoms with Crippen molar-refractivity contribution in [2.75, 3.05) is 26.9 Å². The SMILES string of the molecule is COc1cc(/C2=C\C(=O)OCC(=O)OC2=O)ccc1OCCN1C2CCC1CC(c1noc3ccccc13)C2. The summed E-state index contributed by atoms with van der Waals surface area (Å²) in [4.78, 5) is 38.4. The van der Waals surface area contributed by atoms with Gasteiger partial charge in [-0.05, 0) is 55.5 Å². The monoisotopic (exact) mass is 532 g/mol. The second-order valence-electron chi connectivity index (χ2n) is 10.00. The molecule has 202 valence electrons. The number of ether oxygens (including phenoxy) is 4. The van der Waals surface area contributed by atoms with Crippen molar-refractivity contribution < 1.29 is 37.9 Å². The number of aromatic nitrogens is 1. The highest BCUT2D eigenvalue weighted by atomic mass is 16.6. The van der Waals surface area contributed by atoms with Gasteiger partial charge < -0.3 is 23.5 Å². The number of carbonyl (C=O) groups excluding carboxylic acids is 3. The van der Waals surface area contributed by atoms with E-state index in [4.69, 9.17) is 23.5 Å². The van der Waals surface area contributed by atoms with Crippen molar-refractivity contribution in [1.82, 2.24) is 10.1 Å². The van der Waals surface area contributed by atoms with Crippen molar-refractivity contribution in [3.05, 3.63) is 59.8 Å². The number of benzene rings is 2. The molecule has 6 rings (SSSR count). The third kappa shape index (κ3) is 4.99. The van der Waals surface area contributed by atoms with Crippen molar-refractivity contribution in [1.29, 1.82) is 0 Å². The summed E-state index contributed by atoms with van der Waals surface area (Å²) in [6.07, 6.45) is 5.41. The predicted molar refractivity (Wildman–Crippen MR) is 138 cm³/mol. The number of para-hydroxylation sites is 1. The zero-order chi connectivity index (χ0) is 26.9. The molecule has 0 spiro atoms. The van der Waals surface area contributed by atoms with Gasteiger partial charge in [0.1, 0.15) is 6.61 Å². The van der Waals surface area contributed by atoms with E-state index in [0.717, 1.165) is 55.0 Å². The van der Waals surface area contributed by atoms with Crippen LogP contribution < -0.4 is 9.47 Å². The standard InChI is InChI=1S/C29H28N2O8/c1-35-25-14-17(22-15-26(32)37-16-27(33)38-29(22)34)6-9-24(25)36-11-10-31-19-7-8-20(31)13-18(12-19)28-21-4-2-3-5-23(21)39-30-28/h2-6,9,14-15,18-20H,7-8,10-13,16H2,1H3/b22-15+. The van der Waals surface area contributed by atoms with Gasteiger partial charge in [0.25, 0.3) is 0 Å². The van der Waals surface area contributed by atoms with Gasteiger partial charge in [0.05, 0.1) is 18.4 Å². The van der Waals surface area contributed by atoms with Gasteiger partial charge in [-0.15, -0.1) is 0 Å². The quantitative estimate of drug-likeness (QED) is 0.330. The first kappa shape index (κ1) is 25.1. The average Bonchev–Trinajstić information content (AvgIpc) is 3.47. The smallest absolute Gasteiger partial charge is 0.352 e. The van der Waals surface area contributed by atoms with Crippen LogP contribution in [0, 0.1) is 0 Å². The van der Waals surface area contributed by atoms with Crippen LogP contribution >= 0.6 is 0 Å². The highest BCUT2D eigenvalue weighted by Crippen LogP contribution is 2.44. The predicted octanol–water partition coefficient (Wildman–Crippen LogP) is 3.64. The summed E-state index contributed by atoms with van der Waals surface area (Å²) in [5.41, 5.74) is 2.16. The first-order valence-corrected chi connectivity index (χ1v) is 13.0. The van der Waals surface area contributed by atoms with Crippen LogP contribution in [0.2, 0.25) is 0 Å². The Kier molecular flexibility index (Phi) is 6.78. The summed E-state index contributed by atoms with van der Waals surface area (Å²) in [5, 5.41) is 5.53. The summed E-state index contributed by atoms with van der Waals surface area (Å²) in [6.45, 7) is 0.630. The molecule has 2 bridgehead atoms. The van der Waals surface area contributed by atoms with Gasteiger partial charge in [-0.1, -0.05) is 23.4 Å². The Bertz CT molecular complexity index is 1450. The number of methoxy groups -OCH3 is 1. The van der Waals surface area contributed by atoms with Gasteiger partial charge in [-0.25, -0.2) is 14.4 Å². The van der Waals surface area contributed by atoms with Crippen LogP contribution in [-0.2, 0) is 23.9 Å². The molecule has 0 amide bonds. The molecule has 2 fully saturated rings. The largest absolute Gasteiger partial charge is 0.493 e. The molecule has 0 N–H and O–H groups in total. The number of piperidine rings is 1. The maximum atomic E-state index is 12.4. The second-order valence-corrected chi connectivity index (χ2v) is 10.00. The zero-order valence-corrected chi connectivity index (χ0v) is 21.5. The molecule has 4 heterocycles. The van der Waals surface area contributed by atoms with Crippen molar-refractivity contribution in [3.63, 3.8) is 0 Å². The number of cyclic esters (lactones) is 3. The van der Waals surface area contributed by atoms with Gasteiger partial charge in [0.15, 0.2) is 23.7 Å². The summed E-state index contributed by atoms with van der Waals surface area (Å²) < 4.78 is 26.6. The van der Waals surface area contributed by atoms with E-state index in [1.165, 1.54) is 7.11 Å². The molecular weight excluding hydrogens is 504 g/mol. The Hall–Kier alpha value is -4.18. The fourth-order valence-electron chi connectivity index (χ4n) is 6.02. The number of carbonyl (C=O) groups is 3. The van der Waals surface area contributed by atoms with E-state index in [2.05, 4.69) is 16.1 Å². The maximum absolute atomic E-state index is 12.4. The second kappa shape index (κ2) is 10.5. The van der Waals surface area contributed by atoms with Crippen molar-refractivity contribution in [2.45, 2.75) is 43.7 Å². The molecule has 3 aliphatic rings. The van der Waals surface area contributed by atoms with Gasteiger partial charge >= 0.3 is 17.9 Å². The summed E-state index contributed by atoms with van der Waals surface area (Å²) >= 11 is 0. The minimum atomic E-state index is -0.932. The zero-order valence-electron chi connectivity index (χ0n) is 21.5. The molecular formula is C29H28N2O8. The Balaban J connectivity index is 1.10. The topological polar surface area (TPSA) is 117 Å². The number of fused-ring (bicyclic) bond motifs is 3. The van der Waals surface area contributed by atoms with Crippen LogP contribution in [-0.4, -0.2) is 66.9 Å². The number of hydrogen-bond donors (Lipinski definition) is 0. The van der Waals surface area contributed by atoms with Gasteiger partial charge in [0, 0.05) is 36.0 Å². The summed E-state index contributed by atoms with van der Waals surface area (Å²) in [6, 6.07) is 13.8. The van der Waals surface area contributed by atoms with Crippen LogP contribution in [0.5, 0.6) is 11.5 Å². The van der Waals surface area contributed by atoms with E-state index in [9.17, 15) is 14.4 Å². The first-order valence-electron chi connectivity index (χ1n) is 13.0. The van der Waals surface area contributed by atoms with Gasteiger partial charge in [-0.3, -0.25) is 4.90 Å². The van der Waals surface area contributed by atoms with E-state index in [1.54, 1.807) is 18.2 Å². The molecule has 39 heavy (non-hydrogen) atoms. The molecule has 3 aliphatic heterocycles. The average molecular weight is 533 g/mol. The van der Waals surface area contributed by atoms with E-state index < -0.39 is 24.5 Å². The number of hydrogen-bond acceptors (Lipinski definition) is 10. The summed E-state index contributed by atoms with van der Waals surface area (Å²) in [5.74, 6) is -1.37. The molecule has 2 atom stereocenters. The molecule has 10 heteroatoms. The molecule has 3 aromatic rings. The van der Waals surface area contributed by atoms with Crippen molar-refractivity contribution in [3.8, 4) is 11.5 Å². The van der Waals surface area contributed by atoms with Crippen molar-refractivity contribution in [2.24, 2.45) is 0 Å². The minimum absolute atomic E-state index is 0.0998.